The number of hydrogen-bond acceptors (Lipinski definition) is 2. The van der Waals surface area contributed by atoms with Gasteiger partial charge in [-0.05, 0) is 23.8 Å². The number of fused-ring (bicyclic) bond motifs is 1. The van der Waals surface area contributed by atoms with Gasteiger partial charge in [0.05, 0.1) is 6.04 Å². The van der Waals surface area contributed by atoms with Crippen molar-refractivity contribution in [3.63, 3.8) is 0 Å². The van der Waals surface area contributed by atoms with Crippen molar-refractivity contribution < 1.29 is 4.79 Å². The largest absolute Gasteiger partial charge is 0.335 e. The number of nitrogens with zero attached hydrogens (tertiary/aromatic N) is 1. The highest BCUT2D eigenvalue weighted by Gasteiger charge is 2.46. The second-order valence-electron chi connectivity index (χ2n) is 7.67. The van der Waals surface area contributed by atoms with Crippen molar-refractivity contribution in [1.82, 2.24) is 10.2 Å². The Kier molecular flexibility index (Phi) is 4.39. The molecule has 4 rings (SSSR count). The standard InChI is InChI=1S/C20H28N2O/c23-19(11-10-15-6-4-5-7-15)22-14-17-12-21-13-18(17)20(22)16-8-2-1-3-9-16/h1-3,8-9,15,17-18,20-21H,4-7,10-14H2/t17-,18-,20+/m0/s1. The third kappa shape index (κ3) is 3.03. The molecule has 0 aromatic heterocycles. The van der Waals surface area contributed by atoms with E-state index in [9.17, 15) is 4.79 Å². The highest BCUT2D eigenvalue weighted by atomic mass is 16.2. The van der Waals surface area contributed by atoms with Crippen LogP contribution in [0.25, 0.3) is 0 Å². The molecule has 3 heteroatoms. The van der Waals surface area contributed by atoms with Gasteiger partial charge in [0.1, 0.15) is 0 Å². The molecule has 3 aliphatic rings. The van der Waals surface area contributed by atoms with Crippen molar-refractivity contribution in [1.29, 1.82) is 0 Å². The van der Waals surface area contributed by atoms with Crippen LogP contribution < -0.4 is 5.32 Å². The summed E-state index contributed by atoms with van der Waals surface area (Å²) in [5, 5.41) is 3.52. The summed E-state index contributed by atoms with van der Waals surface area (Å²) in [5.74, 6) is 2.42. The van der Waals surface area contributed by atoms with Crippen LogP contribution in [0, 0.1) is 17.8 Å². The van der Waals surface area contributed by atoms with Gasteiger partial charge in [-0.2, -0.15) is 0 Å². The highest BCUT2D eigenvalue weighted by Crippen LogP contribution is 2.43. The van der Waals surface area contributed by atoms with E-state index in [0.29, 0.717) is 17.7 Å². The lowest BCUT2D eigenvalue weighted by Crippen LogP contribution is -2.34. The highest BCUT2D eigenvalue weighted by molar-refractivity contribution is 5.77. The molecule has 3 atom stereocenters. The molecule has 0 unspecified atom stereocenters. The van der Waals surface area contributed by atoms with E-state index in [2.05, 4.69) is 40.5 Å². The Morgan fingerprint density at radius 1 is 1.13 bits per heavy atom. The summed E-state index contributed by atoms with van der Waals surface area (Å²) in [5.41, 5.74) is 1.32. The summed E-state index contributed by atoms with van der Waals surface area (Å²) < 4.78 is 0. The van der Waals surface area contributed by atoms with Crippen molar-refractivity contribution in [2.24, 2.45) is 17.8 Å². The van der Waals surface area contributed by atoms with Crippen LogP contribution in [0.5, 0.6) is 0 Å². The second-order valence-corrected chi connectivity index (χ2v) is 7.67. The first-order valence-corrected chi connectivity index (χ1v) is 9.38. The number of likely N-dealkylation sites (tertiary alicyclic amines) is 1. The van der Waals surface area contributed by atoms with Crippen molar-refractivity contribution in [2.75, 3.05) is 19.6 Å². The monoisotopic (exact) mass is 312 g/mol. The molecule has 1 aliphatic carbocycles. The molecule has 1 amide bonds. The van der Waals surface area contributed by atoms with E-state index in [4.69, 9.17) is 0 Å². The first-order valence-electron chi connectivity index (χ1n) is 9.38. The van der Waals surface area contributed by atoms with E-state index >= 15 is 0 Å². The first-order chi connectivity index (χ1) is 11.3. The Morgan fingerprint density at radius 3 is 2.70 bits per heavy atom. The molecule has 0 bridgehead atoms. The van der Waals surface area contributed by atoms with E-state index in [1.807, 2.05) is 0 Å². The molecule has 3 nitrogen and oxygen atoms in total. The minimum Gasteiger partial charge on any atom is -0.335 e. The van der Waals surface area contributed by atoms with Crippen molar-refractivity contribution in [3.8, 4) is 0 Å². The summed E-state index contributed by atoms with van der Waals surface area (Å²) in [7, 11) is 0. The van der Waals surface area contributed by atoms with Gasteiger partial charge >= 0.3 is 0 Å². The van der Waals surface area contributed by atoms with Gasteiger partial charge < -0.3 is 10.2 Å². The van der Waals surface area contributed by atoms with Crippen LogP contribution in [0.3, 0.4) is 0 Å². The molecular formula is C20H28N2O. The van der Waals surface area contributed by atoms with Crippen LogP contribution in [-0.2, 0) is 4.79 Å². The normalized spacial score (nSPS) is 30.8. The number of benzene rings is 1. The van der Waals surface area contributed by atoms with Gasteiger partial charge in [-0.25, -0.2) is 0 Å². The second kappa shape index (κ2) is 6.64. The van der Waals surface area contributed by atoms with Crippen LogP contribution in [0.2, 0.25) is 0 Å². The van der Waals surface area contributed by atoms with Crippen LogP contribution >= 0.6 is 0 Å². The molecule has 124 valence electrons. The summed E-state index contributed by atoms with van der Waals surface area (Å²) in [6, 6.07) is 10.9. The fourth-order valence-corrected chi connectivity index (χ4v) is 5.02. The number of nitrogens with one attached hydrogen (secondary N) is 1. The Morgan fingerprint density at radius 2 is 1.91 bits per heavy atom. The Bertz CT molecular complexity index is 538. The Balaban J connectivity index is 1.48. The zero-order chi connectivity index (χ0) is 15.6. The van der Waals surface area contributed by atoms with Crippen LogP contribution in [0.15, 0.2) is 30.3 Å². The van der Waals surface area contributed by atoms with Gasteiger partial charge in [-0.1, -0.05) is 56.0 Å². The van der Waals surface area contributed by atoms with Gasteiger partial charge in [0.15, 0.2) is 0 Å². The predicted molar refractivity (Wildman–Crippen MR) is 91.9 cm³/mol. The molecule has 2 saturated heterocycles. The average Bonchev–Trinajstić information content (AvgIpc) is 3.29. The number of hydrogen-bond donors (Lipinski definition) is 1. The van der Waals surface area contributed by atoms with Gasteiger partial charge in [-0.3, -0.25) is 4.79 Å². The van der Waals surface area contributed by atoms with E-state index in [0.717, 1.165) is 38.4 Å². The maximum Gasteiger partial charge on any atom is 0.223 e. The zero-order valence-corrected chi connectivity index (χ0v) is 13.9. The molecule has 0 radical (unpaired) electrons. The minimum absolute atomic E-state index is 0.285. The third-order valence-corrected chi connectivity index (χ3v) is 6.27. The molecule has 23 heavy (non-hydrogen) atoms. The maximum atomic E-state index is 12.9. The van der Waals surface area contributed by atoms with E-state index in [-0.39, 0.29) is 6.04 Å². The number of carbonyl (C=O) groups excluding carboxylic acids is 1. The third-order valence-electron chi connectivity index (χ3n) is 6.27. The lowest BCUT2D eigenvalue weighted by molar-refractivity contribution is -0.133. The van der Waals surface area contributed by atoms with Gasteiger partial charge in [0, 0.05) is 32.0 Å². The van der Waals surface area contributed by atoms with Gasteiger partial charge in [0.25, 0.3) is 0 Å². The molecule has 0 spiro atoms. The molecule has 1 saturated carbocycles. The summed E-state index contributed by atoms with van der Waals surface area (Å²) >= 11 is 0. The van der Waals surface area contributed by atoms with E-state index in [1.165, 1.54) is 31.2 Å². The average molecular weight is 312 g/mol. The van der Waals surface area contributed by atoms with Crippen molar-refractivity contribution in [2.45, 2.75) is 44.6 Å². The Labute approximate surface area is 139 Å². The lowest BCUT2D eigenvalue weighted by Gasteiger charge is -2.29. The summed E-state index contributed by atoms with van der Waals surface area (Å²) in [6.07, 6.45) is 7.26. The number of rotatable bonds is 4. The summed E-state index contributed by atoms with van der Waals surface area (Å²) in [4.78, 5) is 15.1. The lowest BCUT2D eigenvalue weighted by atomic mass is 9.89. The van der Waals surface area contributed by atoms with Crippen molar-refractivity contribution in [3.05, 3.63) is 35.9 Å². The van der Waals surface area contributed by atoms with Crippen LogP contribution in [0.1, 0.15) is 50.1 Å². The molecular weight excluding hydrogens is 284 g/mol. The predicted octanol–water partition coefficient (Wildman–Crippen LogP) is 3.38. The molecule has 2 heterocycles. The van der Waals surface area contributed by atoms with Crippen molar-refractivity contribution >= 4 is 5.91 Å². The quantitative estimate of drug-likeness (QED) is 0.924. The molecule has 3 fully saturated rings. The summed E-state index contributed by atoms with van der Waals surface area (Å²) in [6.45, 7) is 3.07. The fraction of sp³-hybridized carbons (Fsp3) is 0.650. The smallest absolute Gasteiger partial charge is 0.223 e. The zero-order valence-electron chi connectivity index (χ0n) is 13.9. The minimum atomic E-state index is 0.285. The molecule has 2 aliphatic heterocycles. The first kappa shape index (κ1) is 15.2. The SMILES string of the molecule is O=C(CCC1CCCC1)N1C[C@@H]2CNC[C@@H]2[C@H]1c1ccccc1. The number of carbonyl (C=O) groups is 1. The topological polar surface area (TPSA) is 32.3 Å². The number of amides is 1. The van der Waals surface area contributed by atoms with Crippen LogP contribution in [0.4, 0.5) is 0 Å². The maximum absolute atomic E-state index is 12.9. The van der Waals surface area contributed by atoms with E-state index < -0.39 is 0 Å². The molecule has 1 aromatic rings. The molecule has 1 N–H and O–H groups in total. The molecule has 1 aromatic carbocycles. The Hall–Kier alpha value is -1.35. The van der Waals surface area contributed by atoms with E-state index in [1.54, 1.807) is 0 Å². The van der Waals surface area contributed by atoms with Gasteiger partial charge in [-0.15, -0.1) is 0 Å². The van der Waals surface area contributed by atoms with Gasteiger partial charge in [0.2, 0.25) is 5.91 Å². The fourth-order valence-electron chi connectivity index (χ4n) is 5.02. The van der Waals surface area contributed by atoms with Crippen LogP contribution in [-0.4, -0.2) is 30.4 Å².